The van der Waals surface area contributed by atoms with Crippen LogP contribution >= 0.6 is 0 Å². The topological polar surface area (TPSA) is 69.4 Å². The summed E-state index contributed by atoms with van der Waals surface area (Å²) in [5.41, 5.74) is 35.6. The van der Waals surface area contributed by atoms with Gasteiger partial charge in [-0.05, 0) is 142 Å². The molecule has 0 amide bonds. The summed E-state index contributed by atoms with van der Waals surface area (Å²) >= 11 is 0. The minimum atomic E-state index is 0.699. The largest absolute Gasteiger partial charge is 0.292 e. The maximum Gasteiger partial charge on any atom is 0.160 e. The van der Waals surface area contributed by atoms with Crippen LogP contribution in [0.25, 0.3) is 228 Å². The van der Waals surface area contributed by atoms with Crippen molar-refractivity contribution in [3.63, 3.8) is 0 Å². The predicted molar refractivity (Wildman–Crippen MR) is 538 cm³/mol. The number of benzene rings is 19. The number of hydrogen-bond donors (Lipinski definition) is 0. The van der Waals surface area contributed by atoms with E-state index < -0.39 is 0 Å². The second kappa shape index (κ2) is 34.8. The van der Waals surface area contributed by atoms with Gasteiger partial charge in [0.1, 0.15) is 5.82 Å². The van der Waals surface area contributed by atoms with Gasteiger partial charge in [-0.1, -0.05) is 455 Å². The number of imidazole rings is 1. The molecule has 23 rings (SSSR count). The van der Waals surface area contributed by atoms with Gasteiger partial charge in [0.25, 0.3) is 0 Å². The Balaban J connectivity index is 0.000000152. The first-order chi connectivity index (χ1) is 63.9. The van der Waals surface area contributed by atoms with Crippen LogP contribution in [0.2, 0.25) is 0 Å². The molecule has 0 N–H and O–H groups in total. The van der Waals surface area contributed by atoms with Crippen molar-refractivity contribution < 1.29 is 0 Å². The molecule has 0 unspecified atom stereocenters. The van der Waals surface area contributed by atoms with Crippen molar-refractivity contribution in [3.05, 3.63) is 497 Å². The summed E-state index contributed by atoms with van der Waals surface area (Å²) in [4.78, 5) is 26.6. The Morgan fingerprint density at radius 2 is 0.388 bits per heavy atom. The van der Waals surface area contributed by atoms with E-state index in [1.54, 1.807) is 0 Å². The molecule has 4 aromatic heterocycles. The Labute approximate surface area is 750 Å². The number of hydrogen-bond acceptors (Lipinski definition) is 5. The second-order valence-electron chi connectivity index (χ2n) is 32.5. The number of aromatic nitrogens is 6. The molecule has 0 aliphatic heterocycles. The average Bonchev–Trinajstić information content (AvgIpc) is 1.52. The lowest BCUT2D eigenvalue weighted by Gasteiger charge is -2.17. The highest BCUT2D eigenvalue weighted by atomic mass is 15.1. The molecule has 0 aliphatic rings. The summed E-state index contributed by atoms with van der Waals surface area (Å²) < 4.78 is 2.33. The Hall–Kier alpha value is -17.2. The van der Waals surface area contributed by atoms with Crippen molar-refractivity contribution in [2.45, 2.75) is 0 Å². The molecule has 0 spiro atoms. The zero-order valence-corrected chi connectivity index (χ0v) is 70.5. The molecule has 604 valence electrons. The van der Waals surface area contributed by atoms with Crippen LogP contribution in [-0.2, 0) is 0 Å². The van der Waals surface area contributed by atoms with Crippen LogP contribution in [0.15, 0.2) is 497 Å². The van der Waals surface area contributed by atoms with Crippen LogP contribution in [0.4, 0.5) is 0 Å². The van der Waals surface area contributed by atoms with Crippen molar-refractivity contribution in [2.24, 2.45) is 0 Å². The average molecular weight is 1640 g/mol. The molecular weight excluding hydrogens is 1560 g/mol. The van der Waals surface area contributed by atoms with E-state index in [-0.39, 0.29) is 0 Å². The summed E-state index contributed by atoms with van der Waals surface area (Å²) in [5.74, 6) is 1.58. The fourth-order valence-corrected chi connectivity index (χ4v) is 18.0. The van der Waals surface area contributed by atoms with Crippen molar-refractivity contribution in [2.75, 3.05) is 0 Å². The molecule has 0 fully saturated rings. The van der Waals surface area contributed by atoms with E-state index in [0.717, 1.165) is 156 Å². The highest BCUT2D eigenvalue weighted by Crippen LogP contribution is 2.46. The number of fused-ring (bicyclic) bond motifs is 6. The van der Waals surface area contributed by atoms with Crippen LogP contribution in [-0.4, -0.2) is 29.5 Å². The molecule has 19 aromatic carbocycles. The van der Waals surface area contributed by atoms with Gasteiger partial charge in [-0.15, -0.1) is 0 Å². The molecule has 4 heterocycles. The zero-order valence-electron chi connectivity index (χ0n) is 70.5. The SMILES string of the molecule is c1ccc(-c2ccc(-c3cc(-c4ccc(-c5cc(-c6ccccc6)nc(-c6ccccc6)n5)cc4)c4cc(-c5ccc(-c6ccccc6)cc5)c5ccccc5c4n3)cc2)cc1.c1ccc(-c2ccc(-c3cc(-c4ccc(-n5c(-c6ccccc6)nc(-c6ccccc6)c5-c5ccccc5)cc4)c4cc(-c5ccc(-c6ccccc6)cc5)c5ccccc5c4n3)cc2)cc1. The monoisotopic (exact) mass is 1640 g/mol. The smallest absolute Gasteiger partial charge is 0.160 e. The Morgan fingerprint density at radius 3 is 0.736 bits per heavy atom. The molecule has 0 atom stereocenters. The Morgan fingerprint density at radius 1 is 0.147 bits per heavy atom. The lowest BCUT2D eigenvalue weighted by Crippen LogP contribution is -2.00. The number of rotatable bonds is 17. The molecule has 6 heteroatoms. The van der Waals surface area contributed by atoms with Crippen LogP contribution < -0.4 is 0 Å². The van der Waals surface area contributed by atoms with E-state index in [0.29, 0.717) is 5.82 Å². The van der Waals surface area contributed by atoms with Crippen LogP contribution in [0, 0.1) is 0 Å². The third-order valence-corrected chi connectivity index (χ3v) is 24.6. The first kappa shape index (κ1) is 77.8. The van der Waals surface area contributed by atoms with Gasteiger partial charge in [-0.2, -0.15) is 0 Å². The Kier molecular flexibility index (Phi) is 21.0. The summed E-state index contributed by atoms with van der Waals surface area (Å²) in [6.07, 6.45) is 0. The van der Waals surface area contributed by atoms with Crippen LogP contribution in [0.5, 0.6) is 0 Å². The first-order valence-electron chi connectivity index (χ1n) is 43.8. The third-order valence-electron chi connectivity index (χ3n) is 24.6. The van der Waals surface area contributed by atoms with Gasteiger partial charge in [0.2, 0.25) is 0 Å². The maximum atomic E-state index is 5.53. The normalized spacial score (nSPS) is 11.3. The van der Waals surface area contributed by atoms with Gasteiger partial charge >= 0.3 is 0 Å². The standard InChI is InChI=1S/C64H43N3.C59H39N3/c1-6-18-44(19-7-1)46-30-34-48(35-31-46)57-42-59-58(43-60(65-62(59)56-29-17-16-28-55(56)57)50-36-32-47(33-37-50)45-20-8-2-9-21-45)49-38-40-54(41-39-49)67-63(52-24-12-4-13-25-52)61(51-22-10-3-11-23-51)66-64(67)53-26-14-5-15-27-53;1-5-15-40(16-6-1)42-25-29-44(30-26-42)52-37-54-53(38-55(60-58(54)51-24-14-13-23-50(51)52)47-33-27-43(28-34-47)41-17-7-2-8-18-41)45-31-35-48(36-32-45)57-39-56(46-19-9-3-10-20-46)61-59(62-57)49-21-11-4-12-22-49/h1-43H;1-39H. The predicted octanol–water partition coefficient (Wildman–Crippen LogP) is 32.4. The summed E-state index contributed by atoms with van der Waals surface area (Å²) in [6, 6.07) is 176. The summed E-state index contributed by atoms with van der Waals surface area (Å²) in [7, 11) is 0. The number of nitrogens with zero attached hydrogens (tertiary/aromatic N) is 6. The maximum absolute atomic E-state index is 5.53. The minimum Gasteiger partial charge on any atom is -0.292 e. The summed E-state index contributed by atoms with van der Waals surface area (Å²) in [5, 5.41) is 6.78. The first-order valence-corrected chi connectivity index (χ1v) is 43.8. The van der Waals surface area contributed by atoms with Gasteiger partial charge in [0, 0.05) is 71.7 Å². The fraction of sp³-hybridized carbons (Fsp3) is 0. The molecule has 6 nitrogen and oxygen atoms in total. The lowest BCUT2D eigenvalue weighted by molar-refractivity contribution is 1.07. The molecule has 0 bridgehead atoms. The van der Waals surface area contributed by atoms with E-state index in [9.17, 15) is 0 Å². The van der Waals surface area contributed by atoms with Crippen LogP contribution in [0.1, 0.15) is 0 Å². The lowest BCUT2D eigenvalue weighted by atomic mass is 9.90. The van der Waals surface area contributed by atoms with Crippen molar-refractivity contribution in [1.82, 2.24) is 29.5 Å². The second-order valence-corrected chi connectivity index (χ2v) is 32.5. The molecule has 0 saturated heterocycles. The van der Waals surface area contributed by atoms with Gasteiger partial charge in [-0.3, -0.25) is 4.57 Å². The minimum absolute atomic E-state index is 0.699. The number of pyridine rings is 2. The molecule has 0 saturated carbocycles. The van der Waals surface area contributed by atoms with Crippen molar-refractivity contribution in [3.8, 4) is 185 Å². The van der Waals surface area contributed by atoms with Crippen molar-refractivity contribution in [1.29, 1.82) is 0 Å². The van der Waals surface area contributed by atoms with Gasteiger partial charge in [0.05, 0.1) is 45.2 Å². The van der Waals surface area contributed by atoms with E-state index in [2.05, 4.69) is 466 Å². The fourth-order valence-electron chi connectivity index (χ4n) is 18.0. The molecular formula is C123H82N6. The zero-order chi connectivity index (χ0) is 85.8. The quantitative estimate of drug-likeness (QED) is 0.0850. The molecule has 0 radical (unpaired) electrons. The molecule has 0 aliphatic carbocycles. The molecule has 129 heavy (non-hydrogen) atoms. The highest BCUT2D eigenvalue weighted by Gasteiger charge is 2.25. The van der Waals surface area contributed by atoms with E-state index in [1.807, 2.05) is 36.4 Å². The van der Waals surface area contributed by atoms with E-state index in [1.165, 1.54) is 66.4 Å². The van der Waals surface area contributed by atoms with Crippen molar-refractivity contribution >= 4 is 43.4 Å². The highest BCUT2D eigenvalue weighted by molar-refractivity contribution is 6.18. The Bertz CT molecular complexity index is 7890. The molecule has 23 aromatic rings. The van der Waals surface area contributed by atoms with Gasteiger partial charge in [-0.25, -0.2) is 24.9 Å². The van der Waals surface area contributed by atoms with Crippen LogP contribution in [0.3, 0.4) is 0 Å². The van der Waals surface area contributed by atoms with E-state index >= 15 is 0 Å². The van der Waals surface area contributed by atoms with E-state index in [4.69, 9.17) is 24.9 Å². The van der Waals surface area contributed by atoms with Gasteiger partial charge in [0.15, 0.2) is 5.82 Å². The van der Waals surface area contributed by atoms with Gasteiger partial charge < -0.3 is 0 Å². The summed E-state index contributed by atoms with van der Waals surface area (Å²) in [6.45, 7) is 0. The third kappa shape index (κ3) is 15.7.